The number of carbonyl (C=O) groups excluding carboxylic acids is 1. The molecule has 2 aromatic rings. The third kappa shape index (κ3) is 4.46. The Bertz CT molecular complexity index is 889. The van der Waals surface area contributed by atoms with E-state index < -0.39 is 5.60 Å². The minimum absolute atomic E-state index is 0.00745. The molecule has 6 nitrogen and oxygen atoms in total. The molecule has 1 aromatic heterocycles. The number of nitrogens with zero attached hydrogens (tertiary/aromatic N) is 3. The molecule has 0 unspecified atom stereocenters. The molecule has 4 rings (SSSR count). The van der Waals surface area contributed by atoms with E-state index in [1.165, 1.54) is 11.3 Å². The summed E-state index contributed by atoms with van der Waals surface area (Å²) in [6.07, 6.45) is 4.59. The van der Waals surface area contributed by atoms with Gasteiger partial charge in [-0.05, 0) is 49.4 Å². The van der Waals surface area contributed by atoms with Crippen LogP contribution in [0, 0.1) is 5.92 Å². The molecule has 0 aliphatic carbocycles. The second-order valence-electron chi connectivity index (χ2n) is 8.69. The lowest BCUT2D eigenvalue weighted by Gasteiger charge is -2.31. The number of aliphatic hydroxyl groups is 1. The van der Waals surface area contributed by atoms with Gasteiger partial charge in [-0.2, -0.15) is 0 Å². The third-order valence-corrected chi connectivity index (χ3v) is 6.94. The van der Waals surface area contributed by atoms with E-state index in [2.05, 4.69) is 39.5 Å². The first-order valence-corrected chi connectivity index (χ1v) is 11.6. The van der Waals surface area contributed by atoms with Gasteiger partial charge in [0.15, 0.2) is 0 Å². The summed E-state index contributed by atoms with van der Waals surface area (Å²) in [5.74, 6) is 0.165. The molecule has 31 heavy (non-hydrogen) atoms. The summed E-state index contributed by atoms with van der Waals surface area (Å²) in [5, 5.41) is 14.1. The van der Waals surface area contributed by atoms with E-state index in [1.807, 2.05) is 30.9 Å². The molecule has 0 spiro atoms. The van der Waals surface area contributed by atoms with Gasteiger partial charge in [-0.15, -0.1) is 0 Å². The highest BCUT2D eigenvalue weighted by Gasteiger charge is 2.34. The Hall–Kier alpha value is -2.44. The van der Waals surface area contributed by atoms with Crippen LogP contribution >= 0.6 is 0 Å². The van der Waals surface area contributed by atoms with Crippen LogP contribution in [0.15, 0.2) is 42.6 Å². The molecule has 1 amide bonds. The van der Waals surface area contributed by atoms with Gasteiger partial charge in [0.2, 0.25) is 5.91 Å². The highest BCUT2D eigenvalue weighted by atomic mass is 16.3. The number of amides is 1. The van der Waals surface area contributed by atoms with Crippen molar-refractivity contribution in [3.8, 4) is 0 Å². The maximum atomic E-state index is 13.2. The topological polar surface area (TPSA) is 68.7 Å². The van der Waals surface area contributed by atoms with Crippen LogP contribution in [0.5, 0.6) is 0 Å². The molecule has 2 N–H and O–H groups in total. The summed E-state index contributed by atoms with van der Waals surface area (Å²) in [5.41, 5.74) is 3.12. The van der Waals surface area contributed by atoms with Crippen LogP contribution in [-0.4, -0.2) is 48.7 Å². The minimum Gasteiger partial charge on any atom is -0.384 e. The van der Waals surface area contributed by atoms with Gasteiger partial charge in [0.25, 0.3) is 0 Å². The Labute approximate surface area is 185 Å². The van der Waals surface area contributed by atoms with Crippen molar-refractivity contribution in [1.82, 2.24) is 10.3 Å². The molecule has 6 heteroatoms. The molecular weight excluding hydrogens is 388 g/mol. The van der Waals surface area contributed by atoms with Gasteiger partial charge < -0.3 is 20.2 Å². The normalized spacial score (nSPS) is 19.8. The van der Waals surface area contributed by atoms with Crippen LogP contribution in [-0.2, 0) is 16.8 Å². The van der Waals surface area contributed by atoms with Gasteiger partial charge in [0.05, 0.1) is 17.6 Å². The third-order valence-electron chi connectivity index (χ3n) is 6.94. The van der Waals surface area contributed by atoms with Crippen molar-refractivity contribution in [2.75, 3.05) is 42.5 Å². The molecule has 1 atom stereocenters. The molecule has 3 heterocycles. The van der Waals surface area contributed by atoms with Gasteiger partial charge >= 0.3 is 0 Å². The zero-order valence-electron chi connectivity index (χ0n) is 18.7. The number of hydrogen-bond acceptors (Lipinski definition) is 5. The highest BCUT2D eigenvalue weighted by molar-refractivity contribution is 5.97. The Morgan fingerprint density at radius 2 is 1.84 bits per heavy atom. The van der Waals surface area contributed by atoms with E-state index in [1.54, 1.807) is 6.20 Å². The number of pyridine rings is 1. The number of aromatic nitrogens is 1. The van der Waals surface area contributed by atoms with E-state index >= 15 is 0 Å². The first-order valence-electron chi connectivity index (χ1n) is 11.6. The highest BCUT2D eigenvalue weighted by Crippen LogP contribution is 2.32. The number of anilines is 2. The predicted octanol–water partition coefficient (Wildman–Crippen LogP) is 3.09. The van der Waals surface area contributed by atoms with Gasteiger partial charge in [-0.3, -0.25) is 9.78 Å². The quantitative estimate of drug-likeness (QED) is 0.718. The van der Waals surface area contributed by atoms with Gasteiger partial charge in [0, 0.05) is 44.3 Å². The summed E-state index contributed by atoms with van der Waals surface area (Å²) in [4.78, 5) is 22.0. The van der Waals surface area contributed by atoms with E-state index in [0.29, 0.717) is 25.1 Å². The smallest absolute Gasteiger partial charge is 0.230 e. The lowest BCUT2D eigenvalue weighted by molar-refractivity contribution is -0.120. The van der Waals surface area contributed by atoms with E-state index in [0.717, 1.165) is 44.7 Å². The summed E-state index contributed by atoms with van der Waals surface area (Å²) in [6.45, 7) is 8.64. The number of nitrogens with one attached hydrogen (secondary N) is 1. The Balaban J connectivity index is 1.47. The van der Waals surface area contributed by atoms with Crippen LogP contribution in [0.4, 0.5) is 11.4 Å². The molecule has 2 saturated heterocycles. The fraction of sp³-hybridized carbons (Fsp3) is 0.520. The number of piperazine rings is 1. The van der Waals surface area contributed by atoms with E-state index in [-0.39, 0.29) is 11.8 Å². The summed E-state index contributed by atoms with van der Waals surface area (Å²) >= 11 is 0. The molecule has 0 bridgehead atoms. The van der Waals surface area contributed by atoms with Crippen LogP contribution in [0.2, 0.25) is 0 Å². The van der Waals surface area contributed by atoms with Crippen molar-refractivity contribution in [3.63, 3.8) is 0 Å². The van der Waals surface area contributed by atoms with Crippen molar-refractivity contribution in [1.29, 1.82) is 0 Å². The minimum atomic E-state index is -0.899. The van der Waals surface area contributed by atoms with Crippen molar-refractivity contribution in [3.05, 3.63) is 53.9 Å². The molecule has 0 radical (unpaired) electrons. The summed E-state index contributed by atoms with van der Waals surface area (Å²) in [7, 11) is 0. The average Bonchev–Trinajstić information content (AvgIpc) is 3.19. The van der Waals surface area contributed by atoms with Gasteiger partial charge in [0.1, 0.15) is 5.60 Å². The summed E-state index contributed by atoms with van der Waals surface area (Å²) in [6, 6.07) is 12.3. The Morgan fingerprint density at radius 1 is 1.10 bits per heavy atom. The maximum Gasteiger partial charge on any atom is 0.230 e. The fourth-order valence-electron chi connectivity index (χ4n) is 4.78. The molecule has 2 aliphatic heterocycles. The zero-order chi connectivity index (χ0) is 21.8. The van der Waals surface area contributed by atoms with Crippen LogP contribution in [0.3, 0.4) is 0 Å². The molecule has 2 fully saturated rings. The van der Waals surface area contributed by atoms with Gasteiger partial charge in [-0.25, -0.2) is 0 Å². The van der Waals surface area contributed by atoms with Crippen LogP contribution in [0.1, 0.15) is 44.4 Å². The lowest BCUT2D eigenvalue weighted by atomic mass is 9.93. The number of benzene rings is 1. The molecule has 0 saturated carbocycles. The van der Waals surface area contributed by atoms with Crippen molar-refractivity contribution >= 4 is 17.3 Å². The molecule has 2 aliphatic rings. The second-order valence-corrected chi connectivity index (χ2v) is 8.69. The first kappa shape index (κ1) is 21.8. The van der Waals surface area contributed by atoms with Crippen LogP contribution in [0.25, 0.3) is 0 Å². The number of carbonyl (C=O) groups is 1. The van der Waals surface area contributed by atoms with Crippen molar-refractivity contribution < 1.29 is 9.90 Å². The molecule has 166 valence electrons. The largest absolute Gasteiger partial charge is 0.384 e. The Morgan fingerprint density at radius 3 is 2.52 bits per heavy atom. The fourth-order valence-corrected chi connectivity index (χ4v) is 4.78. The van der Waals surface area contributed by atoms with Crippen molar-refractivity contribution in [2.24, 2.45) is 5.92 Å². The first-order chi connectivity index (χ1) is 15.1. The van der Waals surface area contributed by atoms with Gasteiger partial charge in [-0.1, -0.05) is 32.0 Å². The van der Waals surface area contributed by atoms with Crippen LogP contribution < -0.4 is 15.1 Å². The second kappa shape index (κ2) is 9.37. The number of rotatable bonds is 7. The summed E-state index contributed by atoms with van der Waals surface area (Å²) < 4.78 is 0. The number of hydrogen-bond donors (Lipinski definition) is 2. The molecule has 1 aromatic carbocycles. The maximum absolute atomic E-state index is 13.2. The van der Waals surface area contributed by atoms with Crippen molar-refractivity contribution in [2.45, 2.75) is 45.1 Å². The SMILES string of the molecule is CCC(O)(CC)c1ccc(N2CC[C@@H](Cc3ccccc3N3CCNCC3)C2=O)cn1. The predicted molar refractivity (Wildman–Crippen MR) is 124 cm³/mol. The Kier molecular flexibility index (Phi) is 6.58. The zero-order valence-corrected chi connectivity index (χ0v) is 18.7. The monoisotopic (exact) mass is 422 g/mol. The molecular formula is C25H34N4O2. The van der Waals surface area contributed by atoms with E-state index in [4.69, 9.17) is 0 Å². The standard InChI is InChI=1S/C25H34N4O2/c1-3-25(31,4-2)23-10-9-21(18-27-23)29-14-11-20(24(29)30)17-19-7-5-6-8-22(19)28-15-12-26-13-16-28/h5-10,18,20,26,31H,3-4,11-17H2,1-2H3/t20-/m0/s1. The van der Waals surface area contributed by atoms with E-state index in [9.17, 15) is 9.90 Å². The average molecular weight is 423 g/mol. The lowest BCUT2D eigenvalue weighted by Crippen LogP contribution is -2.44. The number of para-hydroxylation sites is 1.